The Morgan fingerprint density at radius 3 is 2.76 bits per heavy atom. The second-order valence-corrected chi connectivity index (χ2v) is 6.13. The number of benzene rings is 1. The number of ether oxygens (including phenoxy) is 2. The molecule has 1 aromatic heterocycles. The van der Waals surface area contributed by atoms with E-state index in [1.807, 2.05) is 25.1 Å². The Hall–Kier alpha value is -3.17. The van der Waals surface area contributed by atoms with Gasteiger partial charge in [0.2, 0.25) is 6.79 Å². The summed E-state index contributed by atoms with van der Waals surface area (Å²) in [4.78, 5) is 8.26. The minimum atomic E-state index is -4.45. The molecule has 3 rings (SSSR count). The van der Waals surface area contributed by atoms with Gasteiger partial charge in [0.25, 0.3) is 0 Å². The largest absolute Gasteiger partial charge is 0.454 e. The molecule has 0 unspecified atom stereocenters. The summed E-state index contributed by atoms with van der Waals surface area (Å²) < 4.78 is 49.6. The molecule has 0 saturated carbocycles. The van der Waals surface area contributed by atoms with E-state index in [9.17, 15) is 13.2 Å². The van der Waals surface area contributed by atoms with Gasteiger partial charge in [-0.05, 0) is 36.8 Å². The third kappa shape index (κ3) is 5.66. The van der Waals surface area contributed by atoms with Crippen molar-refractivity contribution in [1.82, 2.24) is 15.6 Å². The molecule has 3 N–H and O–H groups in total. The smallest absolute Gasteiger partial charge is 0.419 e. The molecule has 0 fully saturated rings. The average molecular weight is 409 g/mol. The van der Waals surface area contributed by atoms with Crippen LogP contribution in [0.5, 0.6) is 11.5 Å². The van der Waals surface area contributed by atoms with Gasteiger partial charge in [-0.3, -0.25) is 0 Å². The molecule has 7 nitrogen and oxygen atoms in total. The zero-order valence-electron chi connectivity index (χ0n) is 15.8. The Morgan fingerprint density at radius 1 is 1.14 bits per heavy atom. The van der Waals surface area contributed by atoms with Gasteiger partial charge in [-0.1, -0.05) is 6.07 Å². The first-order valence-electron chi connectivity index (χ1n) is 9.14. The van der Waals surface area contributed by atoms with Crippen molar-refractivity contribution in [2.75, 3.05) is 31.7 Å². The van der Waals surface area contributed by atoms with E-state index in [0.717, 1.165) is 11.6 Å². The van der Waals surface area contributed by atoms with Gasteiger partial charge >= 0.3 is 6.18 Å². The van der Waals surface area contributed by atoms with Crippen molar-refractivity contribution >= 4 is 11.8 Å². The lowest BCUT2D eigenvalue weighted by molar-refractivity contribution is -0.137. The van der Waals surface area contributed by atoms with Crippen LogP contribution in [0.25, 0.3) is 0 Å². The van der Waals surface area contributed by atoms with Gasteiger partial charge in [-0.15, -0.1) is 0 Å². The molecule has 0 amide bonds. The van der Waals surface area contributed by atoms with Crippen molar-refractivity contribution in [2.45, 2.75) is 19.6 Å². The summed E-state index contributed by atoms with van der Waals surface area (Å²) in [5, 5.41) is 8.89. The van der Waals surface area contributed by atoms with Gasteiger partial charge in [0.1, 0.15) is 5.82 Å². The molecule has 156 valence electrons. The summed E-state index contributed by atoms with van der Waals surface area (Å²) in [6, 6.07) is 7.87. The average Bonchev–Trinajstić information content (AvgIpc) is 3.16. The number of halogens is 3. The number of guanidine groups is 1. The first kappa shape index (κ1) is 20.6. The molecule has 0 bridgehead atoms. The predicted octanol–water partition coefficient (Wildman–Crippen LogP) is 3.00. The van der Waals surface area contributed by atoms with Crippen LogP contribution in [0, 0.1) is 0 Å². The van der Waals surface area contributed by atoms with Crippen LogP contribution in [0.3, 0.4) is 0 Å². The first-order valence-corrected chi connectivity index (χ1v) is 9.14. The van der Waals surface area contributed by atoms with Crippen molar-refractivity contribution in [1.29, 1.82) is 0 Å². The molecule has 1 aromatic carbocycles. The number of rotatable bonds is 7. The molecule has 0 aliphatic carbocycles. The van der Waals surface area contributed by atoms with Crippen LogP contribution in [0.2, 0.25) is 0 Å². The monoisotopic (exact) mass is 409 g/mol. The van der Waals surface area contributed by atoms with Crippen LogP contribution in [0.15, 0.2) is 41.5 Å². The molecule has 0 spiro atoms. The summed E-state index contributed by atoms with van der Waals surface area (Å²) in [5.74, 6) is 1.77. The molecule has 10 heteroatoms. The molecule has 29 heavy (non-hydrogen) atoms. The molecule has 2 heterocycles. The van der Waals surface area contributed by atoms with Crippen LogP contribution in [-0.2, 0) is 12.7 Å². The molecule has 1 aliphatic heterocycles. The summed E-state index contributed by atoms with van der Waals surface area (Å²) in [6.45, 7) is 3.82. The first-order chi connectivity index (χ1) is 14.0. The Balaban J connectivity index is 1.53. The number of hydrogen-bond donors (Lipinski definition) is 3. The van der Waals surface area contributed by atoms with E-state index in [4.69, 9.17) is 9.47 Å². The summed E-state index contributed by atoms with van der Waals surface area (Å²) >= 11 is 0. The van der Waals surface area contributed by atoms with Crippen LogP contribution in [-0.4, -0.2) is 37.4 Å². The Bertz CT molecular complexity index is 858. The maximum atomic E-state index is 13.0. The third-order valence-electron chi connectivity index (χ3n) is 4.02. The van der Waals surface area contributed by atoms with Crippen molar-refractivity contribution in [3.63, 3.8) is 0 Å². The summed E-state index contributed by atoms with van der Waals surface area (Å²) in [6.07, 6.45) is -3.13. The van der Waals surface area contributed by atoms with Gasteiger partial charge in [0.15, 0.2) is 17.5 Å². The minimum absolute atomic E-state index is 0.191. The molecule has 2 aromatic rings. The number of fused-ring (bicyclic) bond motifs is 1. The van der Waals surface area contributed by atoms with Crippen molar-refractivity contribution in [3.05, 3.63) is 47.7 Å². The topological polar surface area (TPSA) is 79.8 Å². The van der Waals surface area contributed by atoms with E-state index >= 15 is 0 Å². The van der Waals surface area contributed by atoms with Crippen LogP contribution in [0.1, 0.15) is 18.1 Å². The lowest BCUT2D eigenvalue weighted by atomic mass is 10.2. The van der Waals surface area contributed by atoms with Crippen LogP contribution >= 0.6 is 0 Å². The normalized spacial score (nSPS) is 13.3. The molecule has 0 saturated heterocycles. The van der Waals surface area contributed by atoms with Crippen LogP contribution in [0.4, 0.5) is 19.0 Å². The number of pyridine rings is 1. The SMILES string of the molecule is CCNC(=NCc1ccc2c(c1)OCO2)NCCNc1ncccc1C(F)(F)F. The zero-order valence-corrected chi connectivity index (χ0v) is 15.8. The predicted molar refractivity (Wildman–Crippen MR) is 103 cm³/mol. The molecule has 0 atom stereocenters. The van der Waals surface area contributed by atoms with Gasteiger partial charge in [-0.2, -0.15) is 13.2 Å². The molecular weight excluding hydrogens is 387 g/mol. The lowest BCUT2D eigenvalue weighted by Crippen LogP contribution is -2.39. The van der Waals surface area contributed by atoms with Crippen LogP contribution < -0.4 is 25.4 Å². The fourth-order valence-electron chi connectivity index (χ4n) is 2.69. The van der Waals surface area contributed by atoms with Gasteiger partial charge in [0, 0.05) is 25.8 Å². The van der Waals surface area contributed by atoms with E-state index < -0.39 is 11.7 Å². The number of aliphatic imine (C=N–C) groups is 1. The third-order valence-corrected chi connectivity index (χ3v) is 4.02. The highest BCUT2D eigenvalue weighted by atomic mass is 19.4. The zero-order chi connectivity index (χ0) is 20.7. The van der Waals surface area contributed by atoms with Crippen molar-refractivity contribution in [2.24, 2.45) is 4.99 Å². The van der Waals surface area contributed by atoms with E-state index in [-0.39, 0.29) is 19.2 Å². The molecule has 0 radical (unpaired) electrons. The maximum Gasteiger partial charge on any atom is 0.419 e. The van der Waals surface area contributed by atoms with Gasteiger partial charge in [-0.25, -0.2) is 9.98 Å². The maximum absolute atomic E-state index is 13.0. The second kappa shape index (κ2) is 9.35. The number of nitrogens with one attached hydrogen (secondary N) is 3. The quantitative estimate of drug-likeness (QED) is 0.371. The fourth-order valence-corrected chi connectivity index (χ4v) is 2.69. The Morgan fingerprint density at radius 2 is 1.97 bits per heavy atom. The van der Waals surface area contributed by atoms with Gasteiger partial charge < -0.3 is 25.4 Å². The second-order valence-electron chi connectivity index (χ2n) is 6.13. The Kier molecular flexibility index (Phi) is 6.63. The number of hydrogen-bond acceptors (Lipinski definition) is 5. The number of aromatic nitrogens is 1. The van der Waals surface area contributed by atoms with E-state index in [1.165, 1.54) is 12.3 Å². The highest BCUT2D eigenvalue weighted by molar-refractivity contribution is 5.79. The van der Waals surface area contributed by atoms with E-state index in [1.54, 1.807) is 0 Å². The minimum Gasteiger partial charge on any atom is -0.454 e. The van der Waals surface area contributed by atoms with Crippen molar-refractivity contribution < 1.29 is 22.6 Å². The number of anilines is 1. The standard InChI is InChI=1S/C19H22F3N5O2/c1-2-23-18(27-11-13-5-6-15-16(10-13)29-12-28-15)26-9-8-25-17-14(19(20,21)22)4-3-7-24-17/h3-7,10H,2,8-9,11-12H2,1H3,(H,24,25)(H2,23,26,27). The lowest BCUT2D eigenvalue weighted by Gasteiger charge is -2.15. The van der Waals surface area contributed by atoms with Crippen molar-refractivity contribution in [3.8, 4) is 11.5 Å². The highest BCUT2D eigenvalue weighted by Gasteiger charge is 2.33. The highest BCUT2D eigenvalue weighted by Crippen LogP contribution is 2.33. The van der Waals surface area contributed by atoms with E-state index in [2.05, 4.69) is 25.9 Å². The summed E-state index contributed by atoms with van der Waals surface area (Å²) in [5.41, 5.74) is 0.163. The fraction of sp³-hybridized carbons (Fsp3) is 0.368. The molecule has 1 aliphatic rings. The Labute approximate surface area is 166 Å². The van der Waals surface area contributed by atoms with Gasteiger partial charge in [0.05, 0.1) is 12.1 Å². The number of alkyl halides is 3. The summed E-state index contributed by atoms with van der Waals surface area (Å²) in [7, 11) is 0. The van der Waals surface area contributed by atoms with E-state index in [0.29, 0.717) is 37.1 Å². The molecular formula is C19H22F3N5O2. The number of nitrogens with zero attached hydrogens (tertiary/aromatic N) is 2.